The van der Waals surface area contributed by atoms with E-state index in [1.807, 2.05) is 43.7 Å². The first-order valence-corrected chi connectivity index (χ1v) is 15.1. The van der Waals surface area contributed by atoms with Gasteiger partial charge in [-0.25, -0.2) is 28.7 Å². The molecule has 1 aliphatic heterocycles. The molecule has 43 heavy (non-hydrogen) atoms. The summed E-state index contributed by atoms with van der Waals surface area (Å²) in [5, 5.41) is 3.06. The van der Waals surface area contributed by atoms with Gasteiger partial charge in [0.05, 0.1) is 23.9 Å². The Morgan fingerprint density at radius 1 is 1.07 bits per heavy atom. The first-order valence-electron chi connectivity index (χ1n) is 15.1. The number of rotatable bonds is 11. The third kappa shape index (κ3) is 7.00. The van der Waals surface area contributed by atoms with Crippen LogP contribution in [0.2, 0.25) is 0 Å². The second kappa shape index (κ2) is 13.0. The van der Waals surface area contributed by atoms with Crippen LogP contribution in [0.5, 0.6) is 0 Å². The smallest absolute Gasteiger partial charge is 0.229 e. The molecule has 0 radical (unpaired) electrons. The van der Waals surface area contributed by atoms with Gasteiger partial charge in [0.1, 0.15) is 22.9 Å². The van der Waals surface area contributed by atoms with E-state index < -0.39 is 11.6 Å². The molecule has 1 aromatic carbocycles. The number of nitrogens with zero attached hydrogens (tertiary/aromatic N) is 7. The molecule has 0 spiro atoms. The lowest BCUT2D eigenvalue weighted by molar-refractivity contribution is -0.107. The van der Waals surface area contributed by atoms with E-state index in [1.54, 1.807) is 6.07 Å². The normalized spacial score (nSPS) is 17.8. The second-order valence-corrected chi connectivity index (χ2v) is 11.8. The summed E-state index contributed by atoms with van der Waals surface area (Å²) in [6.45, 7) is 18.8. The molecule has 11 heteroatoms. The van der Waals surface area contributed by atoms with Gasteiger partial charge in [0, 0.05) is 44.0 Å². The molecular formula is C32H42F2N8O. The highest BCUT2D eigenvalue weighted by Crippen LogP contribution is 2.30. The van der Waals surface area contributed by atoms with E-state index in [0.29, 0.717) is 29.3 Å². The summed E-state index contributed by atoms with van der Waals surface area (Å²) in [7, 11) is 0. The molecule has 230 valence electrons. The monoisotopic (exact) mass is 592 g/mol. The lowest BCUT2D eigenvalue weighted by Crippen LogP contribution is -2.51. The number of ether oxygens (including phenoxy) is 1. The quantitative estimate of drug-likeness (QED) is 0.223. The molecule has 1 N–H and O–H groups in total. The number of benzene rings is 1. The van der Waals surface area contributed by atoms with Gasteiger partial charge in [-0.05, 0) is 71.0 Å². The molecule has 1 atom stereocenters. The van der Waals surface area contributed by atoms with Crippen molar-refractivity contribution in [3.63, 3.8) is 0 Å². The number of imidazole rings is 1. The summed E-state index contributed by atoms with van der Waals surface area (Å²) in [5.74, 6) is 0.225. The Hall–Kier alpha value is -3.54. The maximum absolute atomic E-state index is 15.0. The maximum Gasteiger partial charge on any atom is 0.229 e. The number of fused-ring (bicyclic) bond motifs is 1. The lowest BCUT2D eigenvalue weighted by Gasteiger charge is -2.41. The molecule has 0 bridgehead atoms. The highest BCUT2D eigenvalue weighted by Gasteiger charge is 2.32. The Morgan fingerprint density at radius 3 is 2.56 bits per heavy atom. The number of pyridine rings is 1. The largest absolute Gasteiger partial charge is 0.373 e. The maximum atomic E-state index is 15.0. The average Bonchev–Trinajstić information content (AvgIpc) is 3.32. The lowest BCUT2D eigenvalue weighted by atomic mass is 9.99. The number of aryl methyl sites for hydroxylation is 1. The van der Waals surface area contributed by atoms with Gasteiger partial charge in [0.25, 0.3) is 0 Å². The van der Waals surface area contributed by atoms with Crippen molar-refractivity contribution in [2.45, 2.75) is 66.2 Å². The Balaban J connectivity index is 1.27. The van der Waals surface area contributed by atoms with Gasteiger partial charge in [-0.15, -0.1) is 0 Å². The van der Waals surface area contributed by atoms with Crippen molar-refractivity contribution in [1.82, 2.24) is 34.3 Å². The standard InChI is InChI=1S/C32H42F2N8O/c1-7-40(8-2)12-11-32(6)20-41(13-14-43-32)19-23-9-10-28(35-17-23)38-31-36-18-26(34)29(39-31)24-15-25(33)30-27(16-24)42(21(3)4)22(5)37-30/h9-10,15-18,21H,7-8,11-14,19-20H2,1-6H3,(H,35,36,38,39)/t32-/m0/s1. The van der Waals surface area contributed by atoms with Crippen molar-refractivity contribution >= 4 is 22.8 Å². The molecule has 1 fully saturated rings. The third-order valence-corrected chi connectivity index (χ3v) is 8.20. The number of anilines is 2. The summed E-state index contributed by atoms with van der Waals surface area (Å²) in [6.07, 6.45) is 3.91. The molecule has 1 aliphatic rings. The van der Waals surface area contributed by atoms with Crippen LogP contribution >= 0.6 is 0 Å². The van der Waals surface area contributed by atoms with Gasteiger partial charge < -0.3 is 19.5 Å². The fraction of sp³-hybridized carbons (Fsp3) is 0.500. The predicted octanol–water partition coefficient (Wildman–Crippen LogP) is 6.12. The SMILES string of the molecule is CCN(CC)CC[C@@]1(C)CN(Cc2ccc(Nc3ncc(F)c(-c4cc(F)c5nc(C)n(C(C)C)c5c4)n3)nc2)CCO1. The minimum atomic E-state index is -0.644. The van der Waals surface area contributed by atoms with E-state index in [2.05, 4.69) is 55.8 Å². The van der Waals surface area contributed by atoms with Crippen LogP contribution < -0.4 is 5.32 Å². The Labute approximate surface area is 252 Å². The molecule has 4 heterocycles. The van der Waals surface area contributed by atoms with E-state index in [0.717, 1.165) is 57.4 Å². The molecule has 1 saturated heterocycles. The molecule has 9 nitrogen and oxygen atoms in total. The number of morpholine rings is 1. The molecule has 3 aromatic heterocycles. The van der Waals surface area contributed by atoms with Crippen molar-refractivity contribution in [2.24, 2.45) is 0 Å². The third-order valence-electron chi connectivity index (χ3n) is 8.20. The molecule has 0 unspecified atom stereocenters. The molecule has 0 saturated carbocycles. The van der Waals surface area contributed by atoms with Crippen molar-refractivity contribution in [3.8, 4) is 11.3 Å². The summed E-state index contributed by atoms with van der Waals surface area (Å²) in [6, 6.07) is 6.92. The molecule has 5 rings (SSSR count). The van der Waals surface area contributed by atoms with Crippen LogP contribution in [0, 0.1) is 18.6 Å². The fourth-order valence-electron chi connectivity index (χ4n) is 5.89. The van der Waals surface area contributed by atoms with Crippen LogP contribution in [-0.2, 0) is 11.3 Å². The number of halogens is 2. The fourth-order valence-corrected chi connectivity index (χ4v) is 5.89. The number of hydrogen-bond acceptors (Lipinski definition) is 8. The van der Waals surface area contributed by atoms with Crippen LogP contribution in [-0.4, -0.2) is 79.2 Å². The number of nitrogens with one attached hydrogen (secondary N) is 1. The minimum absolute atomic E-state index is 0.000407. The summed E-state index contributed by atoms with van der Waals surface area (Å²) >= 11 is 0. The van der Waals surface area contributed by atoms with E-state index in [1.165, 1.54) is 6.07 Å². The van der Waals surface area contributed by atoms with Crippen LogP contribution in [0.3, 0.4) is 0 Å². The second-order valence-electron chi connectivity index (χ2n) is 11.8. The summed E-state index contributed by atoms with van der Waals surface area (Å²) < 4.78 is 38.1. The van der Waals surface area contributed by atoms with Crippen molar-refractivity contribution in [3.05, 3.63) is 59.7 Å². The first kappa shape index (κ1) is 30.9. The minimum Gasteiger partial charge on any atom is -0.373 e. The number of aromatic nitrogens is 5. The summed E-state index contributed by atoms with van der Waals surface area (Å²) in [5.41, 5.74) is 2.08. The van der Waals surface area contributed by atoms with Crippen LogP contribution in [0.1, 0.15) is 58.5 Å². The van der Waals surface area contributed by atoms with Crippen LogP contribution in [0.25, 0.3) is 22.3 Å². The highest BCUT2D eigenvalue weighted by molar-refractivity contribution is 5.83. The van der Waals surface area contributed by atoms with Gasteiger partial charge in [-0.3, -0.25) is 4.90 Å². The molecular weight excluding hydrogens is 550 g/mol. The Morgan fingerprint density at radius 2 is 1.86 bits per heavy atom. The number of hydrogen-bond donors (Lipinski definition) is 1. The van der Waals surface area contributed by atoms with Crippen molar-refractivity contribution in [1.29, 1.82) is 0 Å². The Kier molecular flexibility index (Phi) is 9.33. The topological polar surface area (TPSA) is 84.2 Å². The highest BCUT2D eigenvalue weighted by atomic mass is 19.1. The first-order chi connectivity index (χ1) is 20.6. The van der Waals surface area contributed by atoms with Gasteiger partial charge in [-0.2, -0.15) is 0 Å². The van der Waals surface area contributed by atoms with Crippen LogP contribution in [0.15, 0.2) is 36.7 Å². The zero-order valence-electron chi connectivity index (χ0n) is 26.0. The van der Waals surface area contributed by atoms with E-state index in [-0.39, 0.29) is 28.8 Å². The zero-order chi connectivity index (χ0) is 30.7. The van der Waals surface area contributed by atoms with Gasteiger partial charge in [0.15, 0.2) is 11.6 Å². The molecule has 0 aliphatic carbocycles. The van der Waals surface area contributed by atoms with E-state index in [4.69, 9.17) is 4.74 Å². The van der Waals surface area contributed by atoms with Crippen molar-refractivity contribution < 1.29 is 13.5 Å². The zero-order valence-corrected chi connectivity index (χ0v) is 26.0. The van der Waals surface area contributed by atoms with Gasteiger partial charge >= 0.3 is 0 Å². The molecule has 4 aromatic rings. The van der Waals surface area contributed by atoms with Gasteiger partial charge in [-0.1, -0.05) is 19.9 Å². The predicted molar refractivity (Wildman–Crippen MR) is 165 cm³/mol. The van der Waals surface area contributed by atoms with E-state index in [9.17, 15) is 4.39 Å². The molecule has 0 amide bonds. The van der Waals surface area contributed by atoms with Crippen molar-refractivity contribution in [2.75, 3.05) is 44.6 Å². The Bertz CT molecular complexity index is 1550. The van der Waals surface area contributed by atoms with E-state index >= 15 is 4.39 Å². The summed E-state index contributed by atoms with van der Waals surface area (Å²) in [4.78, 5) is 22.2. The van der Waals surface area contributed by atoms with Gasteiger partial charge in [0.2, 0.25) is 5.95 Å². The average molecular weight is 593 g/mol. The van der Waals surface area contributed by atoms with Crippen LogP contribution in [0.4, 0.5) is 20.5 Å².